The number of rotatable bonds is 7. The minimum Gasteiger partial charge on any atom is -0.371 e. The molecule has 0 spiro atoms. The van der Waals surface area contributed by atoms with Gasteiger partial charge in [0.2, 0.25) is 5.13 Å². The maximum atomic E-state index is 14.7. The maximum Gasteiger partial charge on any atom is 0.266 e. The summed E-state index contributed by atoms with van der Waals surface area (Å²) in [6.45, 7) is 1.97. The molecule has 1 aromatic heterocycles. The van der Waals surface area contributed by atoms with Crippen molar-refractivity contribution < 1.29 is 17.6 Å². The second kappa shape index (κ2) is 9.80. The number of benzene rings is 2. The van der Waals surface area contributed by atoms with Gasteiger partial charge in [0.15, 0.2) is 0 Å². The van der Waals surface area contributed by atoms with Crippen molar-refractivity contribution in [3.63, 3.8) is 0 Å². The summed E-state index contributed by atoms with van der Waals surface area (Å²) in [5.74, 6) is -1.76. The van der Waals surface area contributed by atoms with Gasteiger partial charge in [-0.15, -0.1) is 0 Å². The van der Waals surface area contributed by atoms with Crippen LogP contribution in [0.2, 0.25) is 10.0 Å². The van der Waals surface area contributed by atoms with Gasteiger partial charge in [-0.3, -0.25) is 9.52 Å². The second-order valence-electron chi connectivity index (χ2n) is 7.26. The molecule has 13 heteroatoms. The molecule has 0 radical (unpaired) electrons. The second-order valence-corrected chi connectivity index (χ2v) is 10.5. The first kappa shape index (κ1) is 23.7. The van der Waals surface area contributed by atoms with Crippen LogP contribution < -0.4 is 14.9 Å². The average Bonchev–Trinajstić information content (AvgIpc) is 3.48. The van der Waals surface area contributed by atoms with Gasteiger partial charge in [0.25, 0.3) is 15.9 Å². The first-order chi connectivity index (χ1) is 15.7. The summed E-state index contributed by atoms with van der Waals surface area (Å²) >= 11 is 13.1. The summed E-state index contributed by atoms with van der Waals surface area (Å²) in [4.78, 5) is 17.9. The molecule has 8 nitrogen and oxygen atoms in total. The van der Waals surface area contributed by atoms with Crippen molar-refractivity contribution in [1.29, 1.82) is 0 Å². The first-order valence-electron chi connectivity index (χ1n) is 9.85. The number of nitrogens with one attached hydrogen (secondary N) is 2. The van der Waals surface area contributed by atoms with Crippen LogP contribution in [-0.2, 0) is 16.6 Å². The van der Waals surface area contributed by atoms with Crippen molar-refractivity contribution in [3.05, 3.63) is 63.6 Å². The van der Waals surface area contributed by atoms with Crippen LogP contribution in [0.5, 0.6) is 0 Å². The largest absolute Gasteiger partial charge is 0.371 e. The smallest absolute Gasteiger partial charge is 0.266 e. The van der Waals surface area contributed by atoms with Crippen LogP contribution in [0.1, 0.15) is 28.8 Å². The zero-order valence-electron chi connectivity index (χ0n) is 17.0. The van der Waals surface area contributed by atoms with Gasteiger partial charge >= 0.3 is 0 Å². The number of sulfonamides is 1. The van der Waals surface area contributed by atoms with Crippen LogP contribution >= 0.6 is 34.7 Å². The van der Waals surface area contributed by atoms with Crippen molar-refractivity contribution >= 4 is 61.5 Å². The molecule has 3 aromatic rings. The Labute approximate surface area is 204 Å². The van der Waals surface area contributed by atoms with Crippen molar-refractivity contribution in [1.82, 2.24) is 14.7 Å². The molecule has 33 heavy (non-hydrogen) atoms. The maximum absolute atomic E-state index is 14.7. The van der Waals surface area contributed by atoms with Crippen LogP contribution in [0.25, 0.3) is 0 Å². The number of carbonyl (C=O) groups is 1. The molecule has 0 unspecified atom stereocenters. The fourth-order valence-electron chi connectivity index (χ4n) is 3.51. The van der Waals surface area contributed by atoms with E-state index in [1.807, 2.05) is 12.1 Å². The van der Waals surface area contributed by atoms with E-state index in [0.29, 0.717) is 5.02 Å². The summed E-state index contributed by atoms with van der Waals surface area (Å²) in [6, 6.07) is 7.11. The van der Waals surface area contributed by atoms with Gasteiger partial charge in [-0.2, -0.15) is 4.37 Å². The quantitative estimate of drug-likeness (QED) is 0.472. The molecule has 2 aromatic carbocycles. The van der Waals surface area contributed by atoms with E-state index in [4.69, 9.17) is 23.2 Å². The Morgan fingerprint density at radius 1 is 1.18 bits per heavy atom. The van der Waals surface area contributed by atoms with E-state index in [2.05, 4.69) is 24.3 Å². The van der Waals surface area contributed by atoms with E-state index in [-0.39, 0.29) is 22.3 Å². The molecule has 1 aliphatic heterocycles. The molecule has 1 amide bonds. The van der Waals surface area contributed by atoms with E-state index >= 15 is 0 Å². The van der Waals surface area contributed by atoms with E-state index in [1.54, 1.807) is 6.07 Å². The van der Waals surface area contributed by atoms with Crippen LogP contribution in [0.3, 0.4) is 0 Å². The van der Waals surface area contributed by atoms with Crippen LogP contribution in [0.15, 0.2) is 41.6 Å². The van der Waals surface area contributed by atoms with E-state index in [9.17, 15) is 17.6 Å². The number of carbonyl (C=O) groups excluding carboxylic acids is 1. The highest BCUT2D eigenvalue weighted by Gasteiger charge is 2.25. The van der Waals surface area contributed by atoms with E-state index in [0.717, 1.165) is 67.2 Å². The molecule has 1 aliphatic rings. The van der Waals surface area contributed by atoms with Crippen molar-refractivity contribution in [2.75, 3.05) is 22.7 Å². The first-order valence-corrected chi connectivity index (χ1v) is 12.9. The molecule has 0 aliphatic carbocycles. The van der Waals surface area contributed by atoms with Gasteiger partial charge in [0, 0.05) is 41.9 Å². The molecule has 4 rings (SSSR count). The molecule has 174 valence electrons. The van der Waals surface area contributed by atoms with E-state index in [1.165, 1.54) is 0 Å². The lowest BCUT2D eigenvalue weighted by atomic mass is 10.1. The van der Waals surface area contributed by atoms with Gasteiger partial charge in [-0.1, -0.05) is 29.3 Å². The fourth-order valence-corrected chi connectivity index (χ4v) is 5.73. The third kappa shape index (κ3) is 5.37. The topological polar surface area (TPSA) is 104 Å². The lowest BCUT2D eigenvalue weighted by molar-refractivity contribution is 0.0950. The fraction of sp³-hybridized carbons (Fsp3) is 0.250. The number of hydrogen-bond acceptors (Lipinski definition) is 7. The van der Waals surface area contributed by atoms with Crippen LogP contribution in [0.4, 0.5) is 15.2 Å². The SMILES string of the molecule is O=C(NCc1ccc(Cl)cc1N1CCCC1)c1cc(F)c(S(=O)(=O)Nc2ncns2)cc1Cl. The number of anilines is 2. The molecule has 2 N–H and O–H groups in total. The lowest BCUT2D eigenvalue weighted by Crippen LogP contribution is -2.26. The van der Waals surface area contributed by atoms with E-state index < -0.39 is 26.6 Å². The summed E-state index contributed by atoms with van der Waals surface area (Å²) in [5.41, 5.74) is 1.61. The zero-order valence-corrected chi connectivity index (χ0v) is 20.2. The number of halogens is 3. The normalized spacial score (nSPS) is 13.8. The lowest BCUT2D eigenvalue weighted by Gasteiger charge is -2.22. The van der Waals surface area contributed by atoms with Gasteiger partial charge in [-0.25, -0.2) is 17.8 Å². The Bertz CT molecular complexity index is 1280. The van der Waals surface area contributed by atoms with Gasteiger partial charge in [0.1, 0.15) is 17.0 Å². The monoisotopic (exact) mass is 529 g/mol. The number of aromatic nitrogens is 2. The molecule has 0 saturated carbocycles. The highest BCUT2D eigenvalue weighted by molar-refractivity contribution is 7.93. The Kier molecular flexibility index (Phi) is 7.03. The highest BCUT2D eigenvalue weighted by Crippen LogP contribution is 2.29. The Balaban J connectivity index is 1.52. The zero-order chi connectivity index (χ0) is 23.6. The molecule has 1 fully saturated rings. The molecule has 0 atom stereocenters. The predicted octanol–water partition coefficient (Wildman–Crippen LogP) is 4.32. The van der Waals surface area contributed by atoms with Gasteiger partial charge in [0.05, 0.1) is 10.6 Å². The van der Waals surface area contributed by atoms with Crippen molar-refractivity contribution in [3.8, 4) is 0 Å². The third-order valence-corrected chi connectivity index (χ3v) is 7.68. The summed E-state index contributed by atoms with van der Waals surface area (Å²) in [6.07, 6.45) is 3.32. The highest BCUT2D eigenvalue weighted by atomic mass is 35.5. The summed E-state index contributed by atoms with van der Waals surface area (Å²) in [5, 5.41) is 3.08. The Morgan fingerprint density at radius 3 is 2.64 bits per heavy atom. The minimum atomic E-state index is -4.30. The molecule has 0 bridgehead atoms. The number of amides is 1. The molecular formula is C20H18Cl2FN5O3S2. The Morgan fingerprint density at radius 2 is 1.94 bits per heavy atom. The molecule has 2 heterocycles. The van der Waals surface area contributed by atoms with Crippen LogP contribution in [0, 0.1) is 5.82 Å². The van der Waals surface area contributed by atoms with Gasteiger partial charge < -0.3 is 10.2 Å². The van der Waals surface area contributed by atoms with Gasteiger partial charge in [-0.05, 0) is 42.7 Å². The molecule has 1 saturated heterocycles. The predicted molar refractivity (Wildman–Crippen MR) is 126 cm³/mol. The molecular weight excluding hydrogens is 512 g/mol. The Hall–Kier alpha value is -2.47. The number of nitrogens with zero attached hydrogens (tertiary/aromatic N) is 3. The third-order valence-electron chi connectivity index (χ3n) is 5.07. The summed E-state index contributed by atoms with van der Waals surface area (Å²) in [7, 11) is -4.30. The summed E-state index contributed by atoms with van der Waals surface area (Å²) < 4.78 is 45.4. The minimum absolute atomic E-state index is 0.0240. The average molecular weight is 530 g/mol. The number of hydrogen-bond donors (Lipinski definition) is 2. The van der Waals surface area contributed by atoms with Crippen molar-refractivity contribution in [2.45, 2.75) is 24.3 Å². The van der Waals surface area contributed by atoms with Crippen LogP contribution in [-0.4, -0.2) is 36.8 Å². The standard InChI is InChI=1S/C20H18Cl2FN5O3S2/c21-13-4-3-12(17(7-13)28-5-1-2-6-28)10-24-19(29)14-8-16(23)18(9-15(14)22)33(30,31)27-20-25-11-26-32-20/h3-4,7-9,11H,1-2,5-6,10H2,(H,24,29)(H,25,26,27). The van der Waals surface area contributed by atoms with Crippen molar-refractivity contribution in [2.24, 2.45) is 0 Å².